The second-order valence-corrected chi connectivity index (χ2v) is 3.12. The van der Waals surface area contributed by atoms with Crippen molar-refractivity contribution in [2.24, 2.45) is 0 Å². The molecule has 0 aliphatic heterocycles. The summed E-state index contributed by atoms with van der Waals surface area (Å²) in [5.74, 6) is 0. The Hall–Kier alpha value is -1.17. The Morgan fingerprint density at radius 2 is 1.64 bits per heavy atom. The molecule has 0 aliphatic rings. The molecule has 1 aromatic carbocycles. The second-order valence-electron chi connectivity index (χ2n) is 2.76. The first kappa shape index (κ1) is 9.39. The molecule has 0 unspecified atom stereocenters. The highest BCUT2D eigenvalue weighted by Crippen LogP contribution is 2.10. The molecule has 0 bridgehead atoms. The minimum atomic E-state index is -1.69. The quantitative estimate of drug-likeness (QED) is 0.646. The number of hydrogen-bond donors (Lipinski definition) is 2. The lowest BCUT2D eigenvalue weighted by atomic mass is 9.86. The predicted molar refractivity (Wildman–Crippen MR) is 54.4 cm³/mol. The Morgan fingerprint density at radius 3 is 2.21 bits per heavy atom. The number of aromatic nitrogens is 2. The molecule has 2 N–H and O–H groups in total. The maximum atomic E-state index is 8.93. The number of hydrogen-bond acceptors (Lipinski definition) is 4. The molecule has 0 aliphatic carbocycles. The van der Waals surface area contributed by atoms with Crippen LogP contribution in [0.5, 0.6) is 0 Å². The standard InChI is InChI=1S/C8H6BClN2O2/c10-8-7(9(13)14)11-5-3-1-2-4-6(5)12-8/h1-4,13-14H. The van der Waals surface area contributed by atoms with E-state index in [1.165, 1.54) is 0 Å². The highest BCUT2D eigenvalue weighted by Gasteiger charge is 2.18. The number of nitrogens with zero attached hydrogens (tertiary/aromatic N) is 2. The number of fused-ring (bicyclic) bond motifs is 1. The fourth-order valence-electron chi connectivity index (χ4n) is 1.16. The summed E-state index contributed by atoms with van der Waals surface area (Å²) in [6, 6.07) is 7.08. The van der Waals surface area contributed by atoms with Gasteiger partial charge in [0.1, 0.15) is 10.7 Å². The molecule has 0 saturated heterocycles. The Morgan fingerprint density at radius 1 is 1.07 bits per heavy atom. The summed E-state index contributed by atoms with van der Waals surface area (Å²) in [4.78, 5) is 7.96. The largest absolute Gasteiger partial charge is 0.511 e. The van der Waals surface area contributed by atoms with Crippen molar-refractivity contribution < 1.29 is 10.0 Å². The van der Waals surface area contributed by atoms with E-state index in [1.54, 1.807) is 18.2 Å². The second kappa shape index (κ2) is 3.53. The van der Waals surface area contributed by atoms with Crippen LogP contribution in [-0.4, -0.2) is 27.1 Å². The molecule has 0 spiro atoms. The molecule has 2 aromatic rings. The molecule has 2 rings (SSSR count). The lowest BCUT2D eigenvalue weighted by Crippen LogP contribution is -2.34. The average Bonchev–Trinajstić information content (AvgIpc) is 2.16. The van der Waals surface area contributed by atoms with Crippen LogP contribution < -0.4 is 5.59 Å². The lowest BCUT2D eigenvalue weighted by Gasteiger charge is -2.02. The van der Waals surface area contributed by atoms with E-state index in [9.17, 15) is 0 Å². The zero-order valence-corrected chi connectivity index (χ0v) is 7.81. The monoisotopic (exact) mass is 208 g/mol. The summed E-state index contributed by atoms with van der Waals surface area (Å²) in [5, 5.41) is 17.9. The maximum absolute atomic E-state index is 8.93. The van der Waals surface area contributed by atoms with E-state index in [2.05, 4.69) is 9.97 Å². The van der Waals surface area contributed by atoms with Crippen LogP contribution in [-0.2, 0) is 0 Å². The summed E-state index contributed by atoms with van der Waals surface area (Å²) in [6.45, 7) is 0. The van der Waals surface area contributed by atoms with Gasteiger partial charge in [-0.3, -0.25) is 4.98 Å². The van der Waals surface area contributed by atoms with Crippen molar-refractivity contribution in [3.05, 3.63) is 29.4 Å². The molecule has 0 fully saturated rings. The van der Waals surface area contributed by atoms with Crippen LogP contribution in [0.2, 0.25) is 5.15 Å². The van der Waals surface area contributed by atoms with Crippen LogP contribution in [0.3, 0.4) is 0 Å². The van der Waals surface area contributed by atoms with Gasteiger partial charge in [0.15, 0.2) is 0 Å². The molecule has 0 radical (unpaired) electrons. The number of rotatable bonds is 1. The number of para-hydroxylation sites is 2. The Balaban J connectivity index is 2.71. The third kappa shape index (κ3) is 1.57. The van der Waals surface area contributed by atoms with E-state index in [0.29, 0.717) is 11.0 Å². The van der Waals surface area contributed by atoms with Gasteiger partial charge in [-0.05, 0) is 12.1 Å². The van der Waals surface area contributed by atoms with Gasteiger partial charge in [0, 0.05) is 0 Å². The third-order valence-corrected chi connectivity index (χ3v) is 2.08. The molecular weight excluding hydrogens is 202 g/mol. The van der Waals surface area contributed by atoms with Gasteiger partial charge in [0.25, 0.3) is 0 Å². The van der Waals surface area contributed by atoms with Crippen LogP contribution >= 0.6 is 11.6 Å². The summed E-state index contributed by atoms with van der Waals surface area (Å²) in [6.07, 6.45) is 0. The van der Waals surface area contributed by atoms with Crippen LogP contribution in [0, 0.1) is 0 Å². The fourth-order valence-corrected chi connectivity index (χ4v) is 1.39. The van der Waals surface area contributed by atoms with E-state index >= 15 is 0 Å². The van der Waals surface area contributed by atoms with E-state index in [0.717, 1.165) is 0 Å². The molecule has 6 heteroatoms. The SMILES string of the molecule is OB(O)c1nc2ccccc2nc1Cl. The first-order valence-electron chi connectivity index (χ1n) is 3.97. The van der Waals surface area contributed by atoms with E-state index in [4.69, 9.17) is 21.6 Å². The Bertz CT molecular complexity index is 478. The average molecular weight is 208 g/mol. The van der Waals surface area contributed by atoms with Crippen LogP contribution in [0.4, 0.5) is 0 Å². The molecule has 4 nitrogen and oxygen atoms in total. The van der Waals surface area contributed by atoms with E-state index < -0.39 is 7.12 Å². The molecule has 1 heterocycles. The van der Waals surface area contributed by atoms with Gasteiger partial charge >= 0.3 is 7.12 Å². The van der Waals surface area contributed by atoms with Crippen molar-refractivity contribution >= 4 is 35.3 Å². The van der Waals surface area contributed by atoms with Gasteiger partial charge in [0.05, 0.1) is 11.0 Å². The van der Waals surface area contributed by atoms with Gasteiger partial charge in [-0.2, -0.15) is 0 Å². The van der Waals surface area contributed by atoms with Crippen molar-refractivity contribution in [1.82, 2.24) is 9.97 Å². The zero-order valence-electron chi connectivity index (χ0n) is 7.05. The maximum Gasteiger partial charge on any atom is 0.511 e. The molecule has 0 amide bonds. The van der Waals surface area contributed by atoms with Crippen LogP contribution in [0.25, 0.3) is 11.0 Å². The zero-order chi connectivity index (χ0) is 10.1. The molecule has 0 atom stereocenters. The van der Waals surface area contributed by atoms with Crippen molar-refractivity contribution in [3.8, 4) is 0 Å². The van der Waals surface area contributed by atoms with Gasteiger partial charge in [0.2, 0.25) is 0 Å². The smallest absolute Gasteiger partial charge is 0.422 e. The first-order valence-corrected chi connectivity index (χ1v) is 4.34. The fraction of sp³-hybridized carbons (Fsp3) is 0. The molecule has 1 aromatic heterocycles. The molecule has 0 saturated carbocycles. The summed E-state index contributed by atoms with van der Waals surface area (Å²) < 4.78 is 0. The van der Waals surface area contributed by atoms with Gasteiger partial charge in [-0.25, -0.2) is 4.98 Å². The minimum absolute atomic E-state index is 0.0127. The molecular formula is C8H6BClN2O2. The van der Waals surface area contributed by atoms with Crippen molar-refractivity contribution in [2.75, 3.05) is 0 Å². The number of benzene rings is 1. The van der Waals surface area contributed by atoms with Crippen LogP contribution in [0.15, 0.2) is 24.3 Å². The third-order valence-electron chi connectivity index (χ3n) is 1.80. The predicted octanol–water partition coefficient (Wildman–Crippen LogP) is -0.0370. The van der Waals surface area contributed by atoms with Gasteiger partial charge in [-0.1, -0.05) is 23.7 Å². The lowest BCUT2D eigenvalue weighted by molar-refractivity contribution is 0.424. The van der Waals surface area contributed by atoms with Crippen molar-refractivity contribution in [2.45, 2.75) is 0 Å². The summed E-state index contributed by atoms with van der Waals surface area (Å²) in [5.41, 5.74) is 1.19. The number of halogens is 1. The van der Waals surface area contributed by atoms with Crippen molar-refractivity contribution in [1.29, 1.82) is 0 Å². The van der Waals surface area contributed by atoms with Crippen molar-refractivity contribution in [3.63, 3.8) is 0 Å². The van der Waals surface area contributed by atoms with E-state index in [1.807, 2.05) is 6.07 Å². The van der Waals surface area contributed by atoms with Gasteiger partial charge in [-0.15, -0.1) is 0 Å². The first-order chi connectivity index (χ1) is 6.68. The minimum Gasteiger partial charge on any atom is -0.422 e. The highest BCUT2D eigenvalue weighted by molar-refractivity contribution is 6.61. The summed E-state index contributed by atoms with van der Waals surface area (Å²) in [7, 11) is -1.69. The molecule has 70 valence electrons. The normalized spacial score (nSPS) is 10.5. The van der Waals surface area contributed by atoms with Gasteiger partial charge < -0.3 is 10.0 Å². The Labute approximate surface area is 85.3 Å². The topological polar surface area (TPSA) is 66.2 Å². The molecule has 14 heavy (non-hydrogen) atoms. The highest BCUT2D eigenvalue weighted by atomic mass is 35.5. The van der Waals surface area contributed by atoms with Crippen LogP contribution in [0.1, 0.15) is 0 Å². The summed E-state index contributed by atoms with van der Waals surface area (Å²) >= 11 is 5.70. The Kier molecular flexibility index (Phi) is 2.37. The van der Waals surface area contributed by atoms with E-state index in [-0.39, 0.29) is 10.7 Å².